The molecule has 0 spiro atoms. The van der Waals surface area contributed by atoms with Crippen molar-refractivity contribution in [3.05, 3.63) is 51.7 Å². The lowest BCUT2D eigenvalue weighted by Crippen LogP contribution is -2.28. The van der Waals surface area contributed by atoms with Crippen LogP contribution >= 0.6 is 11.3 Å². The zero-order chi connectivity index (χ0) is 15.6. The number of amides is 1. The smallest absolute Gasteiger partial charge is 0.313 e. The SMILES string of the molecule is Cc1cscc1C(=O)Nc1ccc(C(C)(C)C(=O)O)cc1. The van der Waals surface area contributed by atoms with Gasteiger partial charge in [0.1, 0.15) is 0 Å². The zero-order valence-corrected chi connectivity index (χ0v) is 13.0. The van der Waals surface area contributed by atoms with Gasteiger partial charge in [-0.1, -0.05) is 12.1 Å². The van der Waals surface area contributed by atoms with E-state index in [9.17, 15) is 14.7 Å². The Morgan fingerprint density at radius 2 is 1.76 bits per heavy atom. The standard InChI is InChI=1S/C16H17NO3S/c1-10-8-21-9-13(10)14(18)17-12-6-4-11(5-7-12)16(2,3)15(19)20/h4-9H,1-3H3,(H,17,18)(H,19,20). The Morgan fingerprint density at radius 3 is 2.24 bits per heavy atom. The van der Waals surface area contributed by atoms with Crippen LogP contribution in [0.15, 0.2) is 35.0 Å². The molecule has 0 bridgehead atoms. The van der Waals surface area contributed by atoms with E-state index < -0.39 is 11.4 Å². The number of benzene rings is 1. The summed E-state index contributed by atoms with van der Waals surface area (Å²) in [4.78, 5) is 23.3. The first-order valence-electron chi connectivity index (χ1n) is 6.50. The molecule has 2 N–H and O–H groups in total. The molecule has 0 fully saturated rings. The maximum atomic E-state index is 12.1. The second kappa shape index (κ2) is 5.69. The molecule has 1 amide bonds. The fourth-order valence-electron chi connectivity index (χ4n) is 1.89. The minimum atomic E-state index is -0.952. The van der Waals surface area contributed by atoms with Crippen molar-refractivity contribution in [2.75, 3.05) is 5.32 Å². The van der Waals surface area contributed by atoms with E-state index >= 15 is 0 Å². The van der Waals surface area contributed by atoms with Gasteiger partial charge in [0.15, 0.2) is 0 Å². The van der Waals surface area contributed by atoms with Crippen LogP contribution in [0.5, 0.6) is 0 Å². The van der Waals surface area contributed by atoms with Gasteiger partial charge in [0.05, 0.1) is 11.0 Å². The van der Waals surface area contributed by atoms with Crippen molar-refractivity contribution in [1.29, 1.82) is 0 Å². The monoisotopic (exact) mass is 303 g/mol. The summed E-state index contributed by atoms with van der Waals surface area (Å²) in [6.07, 6.45) is 0. The van der Waals surface area contributed by atoms with Gasteiger partial charge in [-0.25, -0.2) is 0 Å². The maximum absolute atomic E-state index is 12.1. The number of anilines is 1. The van der Waals surface area contributed by atoms with E-state index in [1.165, 1.54) is 11.3 Å². The highest BCUT2D eigenvalue weighted by atomic mass is 32.1. The number of carboxylic acids is 1. The number of carboxylic acid groups (broad SMARTS) is 1. The Kier molecular flexibility index (Phi) is 4.14. The van der Waals surface area contributed by atoms with Gasteiger partial charge in [-0.15, -0.1) is 0 Å². The number of rotatable bonds is 4. The Balaban J connectivity index is 2.15. The van der Waals surface area contributed by atoms with E-state index in [-0.39, 0.29) is 5.91 Å². The first-order chi connectivity index (χ1) is 9.82. The van der Waals surface area contributed by atoms with Crippen LogP contribution in [0.2, 0.25) is 0 Å². The Labute approximate surface area is 127 Å². The molecule has 0 aliphatic rings. The minimum absolute atomic E-state index is 0.154. The number of carbonyl (C=O) groups excluding carboxylic acids is 1. The lowest BCUT2D eigenvalue weighted by molar-refractivity contribution is -0.142. The van der Waals surface area contributed by atoms with Gasteiger partial charge in [0.2, 0.25) is 0 Å². The molecule has 1 aromatic heterocycles. The Hall–Kier alpha value is -2.14. The van der Waals surface area contributed by atoms with E-state index in [4.69, 9.17) is 0 Å². The molecule has 0 unspecified atom stereocenters. The number of carbonyl (C=O) groups is 2. The molecule has 0 aliphatic heterocycles. The third kappa shape index (κ3) is 3.13. The van der Waals surface area contributed by atoms with Crippen LogP contribution in [0, 0.1) is 6.92 Å². The highest BCUT2D eigenvalue weighted by Gasteiger charge is 2.29. The molecule has 1 aromatic carbocycles. The van der Waals surface area contributed by atoms with E-state index in [2.05, 4.69) is 5.32 Å². The van der Waals surface area contributed by atoms with Crippen LogP contribution in [-0.2, 0) is 10.2 Å². The second-order valence-electron chi connectivity index (χ2n) is 5.43. The first-order valence-corrected chi connectivity index (χ1v) is 7.44. The van der Waals surface area contributed by atoms with Gasteiger partial charge in [-0.05, 0) is 49.4 Å². The zero-order valence-electron chi connectivity index (χ0n) is 12.1. The van der Waals surface area contributed by atoms with Crippen LogP contribution in [0.3, 0.4) is 0 Å². The number of nitrogens with one attached hydrogen (secondary N) is 1. The van der Waals surface area contributed by atoms with Crippen molar-refractivity contribution in [1.82, 2.24) is 0 Å². The summed E-state index contributed by atoms with van der Waals surface area (Å²) < 4.78 is 0. The van der Waals surface area contributed by atoms with Crippen LogP contribution in [0.25, 0.3) is 0 Å². The normalized spacial score (nSPS) is 11.2. The molecule has 0 saturated heterocycles. The molecular weight excluding hydrogens is 286 g/mol. The molecule has 0 aliphatic carbocycles. The van der Waals surface area contributed by atoms with Gasteiger partial charge < -0.3 is 10.4 Å². The molecule has 2 rings (SSSR count). The average molecular weight is 303 g/mol. The number of aliphatic carboxylic acids is 1. The quantitative estimate of drug-likeness (QED) is 0.905. The first kappa shape index (κ1) is 15.3. The van der Waals surface area contributed by atoms with Crippen LogP contribution in [0.4, 0.5) is 5.69 Å². The molecule has 0 saturated carbocycles. The molecule has 110 valence electrons. The lowest BCUT2D eigenvalue weighted by Gasteiger charge is -2.19. The topological polar surface area (TPSA) is 66.4 Å². The van der Waals surface area contributed by atoms with Crippen molar-refractivity contribution in [3.63, 3.8) is 0 Å². The molecule has 2 aromatic rings. The number of hydrogen-bond donors (Lipinski definition) is 2. The van der Waals surface area contributed by atoms with Gasteiger partial charge in [0.25, 0.3) is 5.91 Å². The number of aryl methyl sites for hydroxylation is 1. The predicted molar refractivity (Wildman–Crippen MR) is 84.1 cm³/mol. The fraction of sp³-hybridized carbons (Fsp3) is 0.250. The predicted octanol–water partition coefficient (Wildman–Crippen LogP) is 3.67. The lowest BCUT2D eigenvalue weighted by atomic mass is 9.85. The van der Waals surface area contributed by atoms with Gasteiger partial charge in [-0.2, -0.15) is 11.3 Å². The third-order valence-electron chi connectivity index (χ3n) is 3.50. The minimum Gasteiger partial charge on any atom is -0.481 e. The van der Waals surface area contributed by atoms with Crippen LogP contribution in [0.1, 0.15) is 35.3 Å². The van der Waals surface area contributed by atoms with Crippen molar-refractivity contribution in [2.45, 2.75) is 26.2 Å². The summed E-state index contributed by atoms with van der Waals surface area (Å²) in [6.45, 7) is 5.19. The number of thiophene rings is 1. The highest BCUT2D eigenvalue weighted by Crippen LogP contribution is 2.25. The second-order valence-corrected chi connectivity index (χ2v) is 6.17. The van der Waals surface area contributed by atoms with E-state index in [1.807, 2.05) is 17.7 Å². The van der Waals surface area contributed by atoms with E-state index in [0.717, 1.165) is 5.56 Å². The summed E-state index contributed by atoms with van der Waals surface area (Å²) in [5, 5.41) is 15.7. The van der Waals surface area contributed by atoms with Crippen molar-refractivity contribution < 1.29 is 14.7 Å². The molecule has 5 heteroatoms. The molecule has 0 radical (unpaired) electrons. The van der Waals surface area contributed by atoms with E-state index in [0.29, 0.717) is 16.8 Å². The van der Waals surface area contributed by atoms with Gasteiger partial charge in [0, 0.05) is 11.1 Å². The van der Waals surface area contributed by atoms with Crippen LogP contribution < -0.4 is 5.32 Å². The average Bonchev–Trinajstić information content (AvgIpc) is 2.85. The fourth-order valence-corrected chi connectivity index (χ4v) is 2.71. The summed E-state index contributed by atoms with van der Waals surface area (Å²) in [7, 11) is 0. The Morgan fingerprint density at radius 1 is 1.14 bits per heavy atom. The Bertz CT molecular complexity index is 671. The maximum Gasteiger partial charge on any atom is 0.313 e. The largest absolute Gasteiger partial charge is 0.481 e. The number of hydrogen-bond acceptors (Lipinski definition) is 3. The third-order valence-corrected chi connectivity index (χ3v) is 4.36. The van der Waals surface area contributed by atoms with Gasteiger partial charge in [-0.3, -0.25) is 9.59 Å². The highest BCUT2D eigenvalue weighted by molar-refractivity contribution is 7.08. The van der Waals surface area contributed by atoms with Crippen molar-refractivity contribution >= 4 is 28.9 Å². The molecule has 1 heterocycles. The molecule has 0 atom stereocenters. The summed E-state index contributed by atoms with van der Waals surface area (Å²) >= 11 is 1.49. The summed E-state index contributed by atoms with van der Waals surface area (Å²) in [5.41, 5.74) is 2.00. The molecular formula is C16H17NO3S. The van der Waals surface area contributed by atoms with Gasteiger partial charge >= 0.3 is 5.97 Å². The summed E-state index contributed by atoms with van der Waals surface area (Å²) in [5.74, 6) is -1.04. The van der Waals surface area contributed by atoms with Crippen molar-refractivity contribution in [3.8, 4) is 0 Å². The van der Waals surface area contributed by atoms with Crippen LogP contribution in [-0.4, -0.2) is 17.0 Å². The molecule has 21 heavy (non-hydrogen) atoms. The molecule has 4 nitrogen and oxygen atoms in total. The van der Waals surface area contributed by atoms with E-state index in [1.54, 1.807) is 38.1 Å². The van der Waals surface area contributed by atoms with Crippen molar-refractivity contribution in [2.24, 2.45) is 0 Å². The summed E-state index contributed by atoms with van der Waals surface area (Å²) in [6, 6.07) is 6.90.